The second-order valence-electron chi connectivity index (χ2n) is 7.00. The maximum Gasteiger partial charge on any atom is 0.187 e. The fourth-order valence-electron chi connectivity index (χ4n) is 3.55. The van der Waals surface area contributed by atoms with Gasteiger partial charge < -0.3 is 5.32 Å². The first kappa shape index (κ1) is 18.5. The Bertz CT molecular complexity index is 975. The van der Waals surface area contributed by atoms with Crippen LogP contribution in [0.1, 0.15) is 47.9 Å². The number of aromatic nitrogens is 3. The molecule has 1 fully saturated rings. The van der Waals surface area contributed by atoms with E-state index in [2.05, 4.69) is 38.6 Å². The van der Waals surface area contributed by atoms with Crippen molar-refractivity contribution in [1.82, 2.24) is 19.9 Å². The molecule has 0 amide bonds. The van der Waals surface area contributed by atoms with E-state index in [0.29, 0.717) is 11.7 Å². The lowest BCUT2D eigenvalue weighted by molar-refractivity contribution is 0.136. The van der Waals surface area contributed by atoms with E-state index in [1.54, 1.807) is 23.6 Å². The van der Waals surface area contributed by atoms with Gasteiger partial charge in [0.25, 0.3) is 0 Å². The average Bonchev–Trinajstić information content (AvgIpc) is 3.19. The molecule has 6 nitrogen and oxygen atoms in total. The predicted octanol–water partition coefficient (Wildman–Crippen LogP) is 4.58. The molecule has 142 valence electrons. The summed E-state index contributed by atoms with van der Waals surface area (Å²) in [6.45, 7) is 4.05. The molecule has 4 rings (SSSR count). The van der Waals surface area contributed by atoms with Gasteiger partial charge in [-0.15, -0.1) is 11.3 Å². The molecule has 1 saturated heterocycles. The number of pyridine rings is 2. The van der Waals surface area contributed by atoms with E-state index in [4.69, 9.17) is 10.2 Å². The van der Waals surface area contributed by atoms with Crippen molar-refractivity contribution in [2.45, 2.75) is 38.8 Å². The topological polar surface area (TPSA) is 77.7 Å². The first-order chi connectivity index (χ1) is 13.7. The van der Waals surface area contributed by atoms with Crippen LogP contribution in [0, 0.1) is 18.3 Å². The number of hydrogen-bond acceptors (Lipinski definition) is 7. The Kier molecular flexibility index (Phi) is 5.60. The van der Waals surface area contributed by atoms with Gasteiger partial charge >= 0.3 is 0 Å². The van der Waals surface area contributed by atoms with Gasteiger partial charge in [0.2, 0.25) is 0 Å². The van der Waals surface area contributed by atoms with Gasteiger partial charge in [-0.1, -0.05) is 12.5 Å². The van der Waals surface area contributed by atoms with Crippen LogP contribution < -0.4 is 5.32 Å². The Balaban J connectivity index is 1.49. The lowest BCUT2D eigenvalue weighted by atomic mass is 9.99. The zero-order chi connectivity index (χ0) is 19.3. The maximum atomic E-state index is 8.86. The smallest absolute Gasteiger partial charge is 0.187 e. The average molecular weight is 391 g/mol. The van der Waals surface area contributed by atoms with Gasteiger partial charge in [0.05, 0.1) is 29.3 Å². The quantitative estimate of drug-likeness (QED) is 0.687. The van der Waals surface area contributed by atoms with Crippen LogP contribution in [0.3, 0.4) is 0 Å². The first-order valence-electron chi connectivity index (χ1n) is 9.46. The minimum Gasteiger partial charge on any atom is -0.330 e. The van der Waals surface area contributed by atoms with Crippen LogP contribution in [0.5, 0.6) is 0 Å². The van der Waals surface area contributed by atoms with Crippen molar-refractivity contribution < 1.29 is 0 Å². The minimum absolute atomic E-state index is 0.320. The number of rotatable bonds is 5. The highest BCUT2D eigenvalue weighted by molar-refractivity contribution is 7.13. The normalized spacial score (nSPS) is 17.2. The van der Waals surface area contributed by atoms with E-state index in [1.807, 2.05) is 24.4 Å². The summed E-state index contributed by atoms with van der Waals surface area (Å²) < 4.78 is 0. The lowest BCUT2D eigenvalue weighted by Crippen LogP contribution is -2.33. The molecule has 1 N–H and O–H groups in total. The number of nitrogens with one attached hydrogen (secondary N) is 1. The fraction of sp³-hybridized carbons (Fsp3) is 0.333. The molecule has 1 atom stereocenters. The lowest BCUT2D eigenvalue weighted by Gasteiger charge is -2.34. The number of nitrogens with zero attached hydrogens (tertiary/aromatic N) is 5. The van der Waals surface area contributed by atoms with Crippen molar-refractivity contribution >= 4 is 22.2 Å². The fourth-order valence-corrected chi connectivity index (χ4v) is 4.32. The van der Waals surface area contributed by atoms with E-state index in [0.717, 1.165) is 41.7 Å². The number of hydrogen-bond donors (Lipinski definition) is 1. The van der Waals surface area contributed by atoms with Gasteiger partial charge in [-0.2, -0.15) is 5.26 Å². The third kappa shape index (κ3) is 4.19. The monoisotopic (exact) mass is 390 g/mol. The van der Waals surface area contributed by atoms with Gasteiger partial charge in [-0.05, 0) is 50.1 Å². The Hall–Kier alpha value is -2.82. The van der Waals surface area contributed by atoms with Gasteiger partial charge in [0, 0.05) is 18.1 Å². The van der Waals surface area contributed by atoms with Gasteiger partial charge in [-0.3, -0.25) is 9.88 Å². The summed E-state index contributed by atoms with van der Waals surface area (Å²) in [6, 6.07) is 10.0. The van der Waals surface area contributed by atoms with Crippen LogP contribution in [-0.2, 0) is 6.54 Å². The molecule has 0 unspecified atom stereocenters. The van der Waals surface area contributed by atoms with Crippen molar-refractivity contribution in [2.24, 2.45) is 0 Å². The van der Waals surface area contributed by atoms with Crippen molar-refractivity contribution in [3.8, 4) is 6.07 Å². The number of likely N-dealkylation sites (tertiary alicyclic amines) is 1. The number of nitriles is 1. The van der Waals surface area contributed by atoms with Crippen molar-refractivity contribution in [3.63, 3.8) is 0 Å². The van der Waals surface area contributed by atoms with Gasteiger partial charge in [0.1, 0.15) is 11.8 Å². The van der Waals surface area contributed by atoms with E-state index >= 15 is 0 Å². The molecule has 3 aromatic heterocycles. The number of piperidine rings is 1. The van der Waals surface area contributed by atoms with Crippen LogP contribution in [0.2, 0.25) is 0 Å². The predicted molar refractivity (Wildman–Crippen MR) is 110 cm³/mol. The van der Waals surface area contributed by atoms with E-state index in [-0.39, 0.29) is 0 Å². The third-order valence-electron chi connectivity index (χ3n) is 5.08. The first-order valence-corrected chi connectivity index (χ1v) is 10.3. The highest BCUT2D eigenvalue weighted by Gasteiger charge is 2.26. The van der Waals surface area contributed by atoms with Gasteiger partial charge in [0.15, 0.2) is 5.13 Å². The SMILES string of the molecule is Cc1cccnc1CN1CCCC[C@@H]1c1csc(Nc2ccc(C#N)nc2)n1. The minimum atomic E-state index is 0.320. The number of thiazole rings is 1. The van der Waals surface area contributed by atoms with E-state index < -0.39 is 0 Å². The highest BCUT2D eigenvalue weighted by Crippen LogP contribution is 2.34. The Morgan fingerprint density at radius 3 is 3.00 bits per heavy atom. The summed E-state index contributed by atoms with van der Waals surface area (Å²) in [5.41, 5.74) is 4.74. The molecule has 7 heteroatoms. The van der Waals surface area contributed by atoms with Crippen LogP contribution in [0.15, 0.2) is 42.0 Å². The molecule has 4 heterocycles. The van der Waals surface area contributed by atoms with Gasteiger partial charge in [-0.25, -0.2) is 9.97 Å². The molecule has 3 aromatic rings. The standard InChI is InChI=1S/C21H22N6S/c1-15-5-4-9-23-18(15)13-27-10-3-2-6-20(27)19-14-28-21(26-19)25-17-8-7-16(11-22)24-12-17/h4-5,7-9,12,14,20H,2-3,6,10,13H2,1H3,(H,25,26)/t20-/m1/s1. The van der Waals surface area contributed by atoms with Crippen LogP contribution in [0.4, 0.5) is 10.8 Å². The summed E-state index contributed by atoms with van der Waals surface area (Å²) in [5, 5.41) is 15.1. The van der Waals surface area contributed by atoms with Crippen molar-refractivity contribution in [2.75, 3.05) is 11.9 Å². The molecular formula is C21H22N6S. The maximum absolute atomic E-state index is 8.86. The highest BCUT2D eigenvalue weighted by atomic mass is 32.1. The Labute approximate surface area is 168 Å². The third-order valence-corrected chi connectivity index (χ3v) is 5.85. The molecular weight excluding hydrogens is 368 g/mol. The number of anilines is 2. The van der Waals surface area contributed by atoms with E-state index in [1.165, 1.54) is 18.4 Å². The molecule has 0 bridgehead atoms. The summed E-state index contributed by atoms with van der Waals surface area (Å²) >= 11 is 1.60. The van der Waals surface area contributed by atoms with Crippen molar-refractivity contribution in [1.29, 1.82) is 5.26 Å². The second-order valence-corrected chi connectivity index (χ2v) is 7.85. The van der Waals surface area contributed by atoms with E-state index in [9.17, 15) is 0 Å². The molecule has 1 aliphatic rings. The summed E-state index contributed by atoms with van der Waals surface area (Å²) in [6.07, 6.45) is 7.10. The molecule has 0 spiro atoms. The molecule has 0 saturated carbocycles. The molecule has 0 radical (unpaired) electrons. The number of aryl methyl sites for hydroxylation is 1. The molecule has 1 aliphatic heterocycles. The summed E-state index contributed by atoms with van der Waals surface area (Å²) in [5.74, 6) is 0. The summed E-state index contributed by atoms with van der Waals surface area (Å²) in [7, 11) is 0. The Morgan fingerprint density at radius 2 is 2.21 bits per heavy atom. The largest absolute Gasteiger partial charge is 0.330 e. The van der Waals surface area contributed by atoms with Crippen LogP contribution >= 0.6 is 11.3 Å². The van der Waals surface area contributed by atoms with Crippen LogP contribution in [0.25, 0.3) is 0 Å². The zero-order valence-electron chi connectivity index (χ0n) is 15.8. The summed E-state index contributed by atoms with van der Waals surface area (Å²) in [4.78, 5) is 16.0. The molecule has 0 aliphatic carbocycles. The van der Waals surface area contributed by atoms with Crippen LogP contribution in [-0.4, -0.2) is 26.4 Å². The Morgan fingerprint density at radius 1 is 1.29 bits per heavy atom. The zero-order valence-corrected chi connectivity index (χ0v) is 16.6. The molecule has 28 heavy (non-hydrogen) atoms. The van der Waals surface area contributed by atoms with Crippen molar-refractivity contribution in [3.05, 3.63) is 64.7 Å². The second kappa shape index (κ2) is 8.46. The molecule has 0 aromatic carbocycles.